The maximum atomic E-state index is 12.3. The summed E-state index contributed by atoms with van der Waals surface area (Å²) in [5, 5.41) is 12.2. The molecule has 0 aromatic carbocycles. The number of nitrogens with zero attached hydrogens (tertiary/aromatic N) is 2. The highest BCUT2D eigenvalue weighted by molar-refractivity contribution is 7.89. The molecule has 1 atom stereocenters. The fraction of sp³-hybridized carbons (Fsp3) is 0.545. The maximum Gasteiger partial charge on any atom is 0.246 e. The van der Waals surface area contributed by atoms with Gasteiger partial charge in [-0.05, 0) is 26.0 Å². The summed E-state index contributed by atoms with van der Waals surface area (Å²) in [6.07, 6.45) is 0.815. The van der Waals surface area contributed by atoms with E-state index in [4.69, 9.17) is 0 Å². The number of nitrogens with one attached hydrogen (secondary N) is 1. The average Bonchev–Trinajstić information content (AvgIpc) is 2.29. The molecular weight excluding hydrogens is 254 g/mol. The third-order valence-corrected chi connectivity index (χ3v) is 4.18. The summed E-state index contributed by atoms with van der Waals surface area (Å²) in [6.45, 7) is 4.04. The van der Waals surface area contributed by atoms with E-state index in [1.807, 2.05) is 6.92 Å². The summed E-state index contributed by atoms with van der Waals surface area (Å²) in [5.74, 6) is 0.331. The van der Waals surface area contributed by atoms with E-state index in [1.54, 1.807) is 13.0 Å². The molecule has 0 fully saturated rings. The van der Waals surface area contributed by atoms with Crippen molar-refractivity contribution in [2.24, 2.45) is 0 Å². The van der Waals surface area contributed by atoms with Gasteiger partial charge < -0.3 is 10.4 Å². The lowest BCUT2D eigenvalue weighted by atomic mass is 10.4. The van der Waals surface area contributed by atoms with Crippen molar-refractivity contribution in [3.8, 4) is 0 Å². The zero-order chi connectivity index (χ0) is 13.8. The molecule has 1 aromatic heterocycles. The molecule has 1 aromatic rings. The Morgan fingerprint density at radius 1 is 1.56 bits per heavy atom. The molecule has 6 nitrogen and oxygen atoms in total. The van der Waals surface area contributed by atoms with Crippen molar-refractivity contribution in [1.29, 1.82) is 0 Å². The van der Waals surface area contributed by atoms with Crippen molar-refractivity contribution >= 4 is 15.8 Å². The number of hydrogen-bond donors (Lipinski definition) is 2. The highest BCUT2D eigenvalue weighted by atomic mass is 32.2. The van der Waals surface area contributed by atoms with Crippen LogP contribution in [0.3, 0.4) is 0 Å². The van der Waals surface area contributed by atoms with Gasteiger partial charge in [-0.25, -0.2) is 13.4 Å². The van der Waals surface area contributed by atoms with Crippen molar-refractivity contribution in [3.05, 3.63) is 18.3 Å². The van der Waals surface area contributed by atoms with Gasteiger partial charge in [0.05, 0.1) is 6.10 Å². The second kappa shape index (κ2) is 6.12. The molecule has 18 heavy (non-hydrogen) atoms. The molecular formula is C11H19N3O3S. The normalized spacial score (nSPS) is 13.6. The van der Waals surface area contributed by atoms with Crippen LogP contribution in [0.4, 0.5) is 5.82 Å². The van der Waals surface area contributed by atoms with Crippen LogP contribution in [0.25, 0.3) is 0 Å². The molecule has 102 valence electrons. The van der Waals surface area contributed by atoms with Gasteiger partial charge in [0.25, 0.3) is 0 Å². The minimum absolute atomic E-state index is 0.0444. The first-order valence-corrected chi connectivity index (χ1v) is 7.17. The number of aliphatic hydroxyl groups excluding tert-OH is 1. The predicted molar refractivity (Wildman–Crippen MR) is 69.9 cm³/mol. The largest absolute Gasteiger partial charge is 0.392 e. The number of aliphatic hydroxyl groups is 1. The summed E-state index contributed by atoms with van der Waals surface area (Å²) >= 11 is 0. The topological polar surface area (TPSA) is 82.5 Å². The van der Waals surface area contributed by atoms with Crippen LogP contribution in [-0.2, 0) is 10.0 Å². The number of anilines is 1. The molecule has 0 amide bonds. The number of likely N-dealkylation sites (N-methyl/N-ethyl adjacent to an activating group) is 1. The Labute approximate surface area is 108 Å². The van der Waals surface area contributed by atoms with Gasteiger partial charge in [0.2, 0.25) is 10.0 Å². The first-order valence-electron chi connectivity index (χ1n) is 5.73. The Morgan fingerprint density at radius 3 is 2.78 bits per heavy atom. The van der Waals surface area contributed by atoms with Crippen molar-refractivity contribution in [3.63, 3.8) is 0 Å². The smallest absolute Gasteiger partial charge is 0.246 e. The molecule has 0 saturated heterocycles. The highest BCUT2D eigenvalue weighted by Crippen LogP contribution is 2.21. The van der Waals surface area contributed by atoms with E-state index >= 15 is 0 Å². The Morgan fingerprint density at radius 2 is 2.22 bits per heavy atom. The van der Waals surface area contributed by atoms with Crippen molar-refractivity contribution in [2.45, 2.75) is 24.8 Å². The number of sulfonamides is 1. The molecule has 7 heteroatoms. The van der Waals surface area contributed by atoms with Gasteiger partial charge in [-0.2, -0.15) is 4.31 Å². The van der Waals surface area contributed by atoms with E-state index in [2.05, 4.69) is 10.3 Å². The summed E-state index contributed by atoms with van der Waals surface area (Å²) in [4.78, 5) is 4.14. The summed E-state index contributed by atoms with van der Waals surface area (Å²) in [7, 11) is -2.20. The Kier molecular flexibility index (Phi) is 5.06. The zero-order valence-corrected chi connectivity index (χ0v) is 11.6. The van der Waals surface area contributed by atoms with Gasteiger partial charge in [-0.1, -0.05) is 0 Å². The average molecular weight is 273 g/mol. The molecule has 0 spiro atoms. The van der Waals surface area contributed by atoms with Gasteiger partial charge in [0, 0.05) is 26.3 Å². The van der Waals surface area contributed by atoms with Crippen molar-refractivity contribution in [2.75, 3.05) is 25.5 Å². The number of rotatable bonds is 6. The summed E-state index contributed by atoms with van der Waals surface area (Å²) in [6, 6.07) is 3.07. The minimum atomic E-state index is -3.64. The van der Waals surface area contributed by atoms with E-state index in [9.17, 15) is 13.5 Å². The Bertz CT molecular complexity index is 488. The Balaban J connectivity index is 3.11. The maximum absolute atomic E-state index is 12.3. The van der Waals surface area contributed by atoms with Crippen LogP contribution in [0.15, 0.2) is 23.2 Å². The van der Waals surface area contributed by atoms with E-state index in [0.717, 1.165) is 4.31 Å². The molecule has 1 heterocycles. The lowest BCUT2D eigenvalue weighted by molar-refractivity contribution is 0.171. The minimum Gasteiger partial charge on any atom is -0.392 e. The van der Waals surface area contributed by atoms with Crippen LogP contribution in [0.1, 0.15) is 13.8 Å². The van der Waals surface area contributed by atoms with Crippen LogP contribution < -0.4 is 5.32 Å². The van der Waals surface area contributed by atoms with Crippen LogP contribution in [0.5, 0.6) is 0 Å². The molecule has 0 radical (unpaired) electrons. The molecule has 0 aliphatic heterocycles. The van der Waals surface area contributed by atoms with E-state index in [1.165, 1.54) is 19.3 Å². The fourth-order valence-corrected chi connectivity index (χ4v) is 2.90. The molecule has 0 aliphatic carbocycles. The molecule has 0 saturated carbocycles. The molecule has 2 N–H and O–H groups in total. The third-order valence-electron chi connectivity index (χ3n) is 2.32. The molecule has 0 aliphatic rings. The quantitative estimate of drug-likeness (QED) is 0.789. The molecule has 1 unspecified atom stereocenters. The van der Waals surface area contributed by atoms with E-state index in [0.29, 0.717) is 12.4 Å². The lowest BCUT2D eigenvalue weighted by Gasteiger charge is -2.20. The number of hydrogen-bond acceptors (Lipinski definition) is 5. The Hall–Kier alpha value is -1.18. The SMILES string of the molecule is CCNc1ncccc1S(=O)(=O)N(C)CC(C)O. The number of pyridine rings is 1. The molecule has 1 rings (SSSR count). The first kappa shape index (κ1) is 14.9. The van der Waals surface area contributed by atoms with Gasteiger partial charge in [0.1, 0.15) is 10.7 Å². The second-order valence-corrected chi connectivity index (χ2v) is 6.03. The second-order valence-electron chi connectivity index (χ2n) is 4.02. The first-order chi connectivity index (χ1) is 8.39. The van der Waals surface area contributed by atoms with Gasteiger partial charge in [-0.15, -0.1) is 0 Å². The lowest BCUT2D eigenvalue weighted by Crippen LogP contribution is -2.33. The van der Waals surface area contributed by atoms with Crippen LogP contribution in [0, 0.1) is 0 Å². The monoisotopic (exact) mass is 273 g/mol. The fourth-order valence-electron chi connectivity index (χ4n) is 1.54. The summed E-state index contributed by atoms with van der Waals surface area (Å²) < 4.78 is 25.7. The van der Waals surface area contributed by atoms with Crippen molar-refractivity contribution in [1.82, 2.24) is 9.29 Å². The van der Waals surface area contributed by atoms with Crippen LogP contribution in [-0.4, -0.2) is 49.1 Å². The van der Waals surface area contributed by atoms with E-state index in [-0.39, 0.29) is 11.4 Å². The van der Waals surface area contributed by atoms with Gasteiger partial charge in [0.15, 0.2) is 0 Å². The zero-order valence-electron chi connectivity index (χ0n) is 10.8. The highest BCUT2D eigenvalue weighted by Gasteiger charge is 2.25. The van der Waals surface area contributed by atoms with Crippen molar-refractivity contribution < 1.29 is 13.5 Å². The summed E-state index contributed by atoms with van der Waals surface area (Å²) in [5.41, 5.74) is 0. The van der Waals surface area contributed by atoms with Crippen LogP contribution >= 0.6 is 0 Å². The van der Waals surface area contributed by atoms with Gasteiger partial charge >= 0.3 is 0 Å². The number of aromatic nitrogens is 1. The van der Waals surface area contributed by atoms with Gasteiger partial charge in [-0.3, -0.25) is 0 Å². The van der Waals surface area contributed by atoms with E-state index < -0.39 is 16.1 Å². The third kappa shape index (κ3) is 3.41. The predicted octanol–water partition coefficient (Wildman–Crippen LogP) is 0.515. The standard InChI is InChI=1S/C11H19N3O3S/c1-4-12-11-10(6-5-7-13-11)18(16,17)14(3)8-9(2)15/h5-7,9,15H,4,8H2,1-3H3,(H,12,13). The van der Waals surface area contributed by atoms with Crippen LogP contribution in [0.2, 0.25) is 0 Å². The molecule has 0 bridgehead atoms.